The Kier molecular flexibility index (Phi) is 3.78. The number of hydrogen-bond acceptors (Lipinski definition) is 5. The number of amides is 1. The highest BCUT2D eigenvalue weighted by Gasteiger charge is 2.44. The predicted octanol–water partition coefficient (Wildman–Crippen LogP) is -0.272. The highest BCUT2D eigenvalue weighted by atomic mass is 16.5. The van der Waals surface area contributed by atoms with E-state index < -0.39 is 5.54 Å². The van der Waals surface area contributed by atoms with Gasteiger partial charge in [-0.3, -0.25) is 9.69 Å². The number of hydrogen-bond donors (Lipinski definition) is 1. The smallest absolute Gasteiger partial charge is 0.230 e. The number of rotatable bonds is 3. The average Bonchev–Trinajstić information content (AvgIpc) is 2.99. The zero-order valence-corrected chi connectivity index (χ0v) is 11.5. The lowest BCUT2D eigenvalue weighted by molar-refractivity contribution is -0.151. The second-order valence-corrected chi connectivity index (χ2v) is 5.49. The Bertz CT molecular complexity index is 462. The van der Waals surface area contributed by atoms with Crippen LogP contribution in [0.3, 0.4) is 0 Å². The third-order valence-corrected chi connectivity index (χ3v) is 4.22. The fraction of sp³-hybridized carbons (Fsp3) is 0.643. The van der Waals surface area contributed by atoms with Gasteiger partial charge in [0.25, 0.3) is 0 Å². The molecule has 0 aromatic carbocycles. The van der Waals surface area contributed by atoms with E-state index in [1.165, 1.54) is 0 Å². The van der Waals surface area contributed by atoms with Crippen LogP contribution in [0.5, 0.6) is 0 Å². The van der Waals surface area contributed by atoms with Crippen LogP contribution in [0.25, 0.3) is 0 Å². The number of furan rings is 1. The van der Waals surface area contributed by atoms with Crippen molar-refractivity contribution in [2.75, 3.05) is 46.0 Å². The molecule has 6 heteroatoms. The van der Waals surface area contributed by atoms with Crippen molar-refractivity contribution >= 4 is 5.91 Å². The van der Waals surface area contributed by atoms with Gasteiger partial charge in [0.1, 0.15) is 5.76 Å². The third kappa shape index (κ3) is 2.46. The minimum absolute atomic E-state index is 0.0114. The van der Waals surface area contributed by atoms with E-state index in [9.17, 15) is 9.90 Å². The molecule has 0 aliphatic carbocycles. The highest BCUT2D eigenvalue weighted by Crippen LogP contribution is 2.25. The van der Waals surface area contributed by atoms with E-state index in [0.29, 0.717) is 32.1 Å². The molecule has 2 aliphatic rings. The zero-order chi connectivity index (χ0) is 14.0. The first-order valence-electron chi connectivity index (χ1n) is 6.97. The van der Waals surface area contributed by atoms with Gasteiger partial charge < -0.3 is 19.2 Å². The molecule has 1 aromatic heterocycles. The molecule has 6 nitrogen and oxygen atoms in total. The molecule has 0 spiro atoms. The summed E-state index contributed by atoms with van der Waals surface area (Å²) in [6.07, 6.45) is 1.85. The number of piperazine rings is 1. The van der Waals surface area contributed by atoms with Gasteiger partial charge in [-0.2, -0.15) is 0 Å². The van der Waals surface area contributed by atoms with Crippen LogP contribution in [-0.2, 0) is 16.0 Å². The molecule has 3 heterocycles. The largest absolute Gasteiger partial charge is 0.469 e. The number of fused-ring (bicyclic) bond motifs is 1. The van der Waals surface area contributed by atoms with Gasteiger partial charge in [0.05, 0.1) is 38.0 Å². The summed E-state index contributed by atoms with van der Waals surface area (Å²) in [5.74, 6) is 0.716. The maximum atomic E-state index is 12.3. The number of ether oxygens (including phenoxy) is 1. The van der Waals surface area contributed by atoms with Crippen LogP contribution in [0, 0.1) is 0 Å². The number of carbonyl (C=O) groups is 1. The molecule has 1 unspecified atom stereocenters. The van der Waals surface area contributed by atoms with Crippen molar-refractivity contribution in [3.8, 4) is 0 Å². The van der Waals surface area contributed by atoms with Crippen LogP contribution >= 0.6 is 0 Å². The predicted molar refractivity (Wildman–Crippen MR) is 71.2 cm³/mol. The van der Waals surface area contributed by atoms with E-state index in [1.807, 2.05) is 4.90 Å². The van der Waals surface area contributed by atoms with Gasteiger partial charge in [-0.25, -0.2) is 0 Å². The van der Waals surface area contributed by atoms with Crippen molar-refractivity contribution in [2.45, 2.75) is 12.0 Å². The topological polar surface area (TPSA) is 66.2 Å². The van der Waals surface area contributed by atoms with Crippen molar-refractivity contribution in [1.82, 2.24) is 9.80 Å². The summed E-state index contributed by atoms with van der Waals surface area (Å²) < 4.78 is 10.7. The summed E-state index contributed by atoms with van der Waals surface area (Å²) in [7, 11) is 0. The SMILES string of the molecule is O=C(Cc1ccco1)N1CCN2CCOCC2(CO)C1. The van der Waals surface area contributed by atoms with Gasteiger partial charge in [0.15, 0.2) is 0 Å². The van der Waals surface area contributed by atoms with Gasteiger partial charge in [-0.15, -0.1) is 0 Å². The highest BCUT2D eigenvalue weighted by molar-refractivity contribution is 5.78. The monoisotopic (exact) mass is 280 g/mol. The van der Waals surface area contributed by atoms with Crippen molar-refractivity contribution in [1.29, 1.82) is 0 Å². The Morgan fingerprint density at radius 3 is 3.05 bits per heavy atom. The number of aliphatic hydroxyl groups excluding tert-OH is 1. The van der Waals surface area contributed by atoms with E-state index >= 15 is 0 Å². The first kappa shape index (κ1) is 13.6. The van der Waals surface area contributed by atoms with Gasteiger partial charge >= 0.3 is 0 Å². The first-order chi connectivity index (χ1) is 9.73. The molecular formula is C14H20N2O4. The summed E-state index contributed by atoms with van der Waals surface area (Å²) in [4.78, 5) is 16.4. The second kappa shape index (κ2) is 5.55. The van der Waals surface area contributed by atoms with Crippen molar-refractivity contribution in [3.05, 3.63) is 24.2 Å². The van der Waals surface area contributed by atoms with Crippen LogP contribution in [0.2, 0.25) is 0 Å². The number of carbonyl (C=O) groups excluding carboxylic acids is 1. The molecule has 2 aliphatic heterocycles. The molecule has 1 N–H and O–H groups in total. The second-order valence-electron chi connectivity index (χ2n) is 5.49. The zero-order valence-electron chi connectivity index (χ0n) is 11.5. The van der Waals surface area contributed by atoms with Crippen LogP contribution in [0.1, 0.15) is 5.76 Å². The molecule has 2 saturated heterocycles. The molecule has 1 aromatic rings. The van der Waals surface area contributed by atoms with Gasteiger partial charge in [0.2, 0.25) is 5.91 Å². The molecule has 0 bridgehead atoms. The first-order valence-corrected chi connectivity index (χ1v) is 6.97. The van der Waals surface area contributed by atoms with Crippen LogP contribution < -0.4 is 0 Å². The molecular weight excluding hydrogens is 260 g/mol. The third-order valence-electron chi connectivity index (χ3n) is 4.22. The van der Waals surface area contributed by atoms with Gasteiger partial charge in [0, 0.05) is 26.2 Å². The number of morpholine rings is 1. The fourth-order valence-corrected chi connectivity index (χ4v) is 3.02. The van der Waals surface area contributed by atoms with E-state index in [1.54, 1.807) is 18.4 Å². The molecule has 1 atom stereocenters. The lowest BCUT2D eigenvalue weighted by atomic mass is 9.94. The Labute approximate surface area is 117 Å². The quantitative estimate of drug-likeness (QED) is 0.825. The van der Waals surface area contributed by atoms with Crippen LogP contribution in [0.15, 0.2) is 22.8 Å². The molecule has 0 radical (unpaired) electrons. The van der Waals surface area contributed by atoms with Crippen LogP contribution in [-0.4, -0.2) is 72.4 Å². The van der Waals surface area contributed by atoms with Crippen LogP contribution in [0.4, 0.5) is 0 Å². The minimum Gasteiger partial charge on any atom is -0.469 e. The lowest BCUT2D eigenvalue weighted by Crippen LogP contribution is -2.69. The maximum Gasteiger partial charge on any atom is 0.230 e. The number of aliphatic hydroxyl groups is 1. The normalized spacial score (nSPS) is 27.4. The Balaban J connectivity index is 1.68. The summed E-state index contributed by atoms with van der Waals surface area (Å²) in [6.45, 7) is 4.01. The standard InChI is InChI=1S/C14H20N2O4/c17-10-14-9-15(3-4-16(14)5-7-19-11-14)13(18)8-12-2-1-6-20-12/h1-2,6,17H,3-5,7-11H2. The molecule has 0 saturated carbocycles. The van der Waals surface area contributed by atoms with E-state index in [2.05, 4.69) is 4.90 Å². The van der Waals surface area contributed by atoms with Crippen molar-refractivity contribution < 1.29 is 19.1 Å². The maximum absolute atomic E-state index is 12.3. The lowest BCUT2D eigenvalue weighted by Gasteiger charge is -2.52. The fourth-order valence-electron chi connectivity index (χ4n) is 3.02. The van der Waals surface area contributed by atoms with Gasteiger partial charge in [-0.05, 0) is 12.1 Å². The molecule has 1 amide bonds. The van der Waals surface area contributed by atoms with Gasteiger partial charge in [-0.1, -0.05) is 0 Å². The van der Waals surface area contributed by atoms with E-state index in [4.69, 9.17) is 9.15 Å². The number of nitrogens with zero attached hydrogens (tertiary/aromatic N) is 2. The molecule has 20 heavy (non-hydrogen) atoms. The average molecular weight is 280 g/mol. The summed E-state index contributed by atoms with van der Waals surface area (Å²) in [6, 6.07) is 3.59. The Morgan fingerprint density at radius 2 is 2.30 bits per heavy atom. The van der Waals surface area contributed by atoms with Crippen molar-refractivity contribution in [3.63, 3.8) is 0 Å². The Morgan fingerprint density at radius 1 is 1.40 bits per heavy atom. The molecule has 3 rings (SSSR count). The molecule has 2 fully saturated rings. The summed E-state index contributed by atoms with van der Waals surface area (Å²) in [5, 5.41) is 9.76. The summed E-state index contributed by atoms with van der Waals surface area (Å²) in [5.41, 5.74) is -0.435. The summed E-state index contributed by atoms with van der Waals surface area (Å²) >= 11 is 0. The van der Waals surface area contributed by atoms with E-state index in [0.717, 1.165) is 13.1 Å². The van der Waals surface area contributed by atoms with E-state index in [-0.39, 0.29) is 18.9 Å². The molecule has 110 valence electrons. The Hall–Kier alpha value is -1.37. The minimum atomic E-state index is -0.435. The van der Waals surface area contributed by atoms with Crippen molar-refractivity contribution in [2.24, 2.45) is 0 Å².